The van der Waals surface area contributed by atoms with Gasteiger partial charge in [-0.25, -0.2) is 0 Å². The van der Waals surface area contributed by atoms with Crippen LogP contribution in [-0.2, 0) is 0 Å². The quantitative estimate of drug-likeness (QED) is 0.550. The third-order valence-electron chi connectivity index (χ3n) is 3.14. The largest absolute Gasteiger partial charge is 0.291 e. The van der Waals surface area contributed by atoms with Crippen LogP contribution in [0.25, 0.3) is 0 Å². The van der Waals surface area contributed by atoms with Crippen LogP contribution in [0.3, 0.4) is 0 Å². The van der Waals surface area contributed by atoms with Crippen LogP contribution in [0.1, 0.15) is 27.2 Å². The summed E-state index contributed by atoms with van der Waals surface area (Å²) in [6, 6.07) is 0.657. The fraction of sp³-hybridized carbons (Fsp3) is 0.667. The van der Waals surface area contributed by atoms with E-state index in [4.69, 9.17) is 0 Å². The highest BCUT2D eigenvalue weighted by atomic mass is 15.2. The maximum atomic E-state index is 2.61. The lowest BCUT2D eigenvalue weighted by Crippen LogP contribution is -2.45. The summed E-state index contributed by atoms with van der Waals surface area (Å²) in [5, 5.41) is 0. The first kappa shape index (κ1) is 9.01. The van der Waals surface area contributed by atoms with Crippen molar-refractivity contribution in [2.45, 2.75) is 38.8 Å². The monoisotopic (exact) mass is 177 g/mol. The minimum absolute atomic E-state index is 0.314. The molecule has 1 nitrogen and oxygen atoms in total. The normalized spacial score (nSPS) is 33.8. The van der Waals surface area contributed by atoms with Gasteiger partial charge in [0.25, 0.3) is 0 Å². The maximum Gasteiger partial charge on any atom is 0.0349 e. The number of allylic oxidation sites excluding steroid dienone is 2. The zero-order valence-electron chi connectivity index (χ0n) is 8.83. The van der Waals surface area contributed by atoms with Crippen LogP contribution in [0.4, 0.5) is 0 Å². The summed E-state index contributed by atoms with van der Waals surface area (Å²) >= 11 is 0. The molecule has 0 spiro atoms. The van der Waals surface area contributed by atoms with Gasteiger partial charge in [-0.15, -0.1) is 0 Å². The Hall–Kier alpha value is -0.560. The average Bonchev–Trinajstić information content (AvgIpc) is 2.45. The maximum absolute atomic E-state index is 2.61. The van der Waals surface area contributed by atoms with Crippen LogP contribution in [-0.4, -0.2) is 23.0 Å². The summed E-state index contributed by atoms with van der Waals surface area (Å²) in [6.07, 6.45) is 10.4. The average molecular weight is 177 g/mol. The van der Waals surface area contributed by atoms with Gasteiger partial charge in [0.2, 0.25) is 0 Å². The molecule has 13 heavy (non-hydrogen) atoms. The first-order valence-electron chi connectivity index (χ1n) is 5.21. The molecule has 2 aliphatic rings. The van der Waals surface area contributed by atoms with E-state index >= 15 is 0 Å². The summed E-state index contributed by atoms with van der Waals surface area (Å²) in [5.74, 6) is 0.768. The van der Waals surface area contributed by atoms with E-state index in [1.54, 1.807) is 0 Å². The predicted molar refractivity (Wildman–Crippen MR) is 56.6 cm³/mol. The van der Waals surface area contributed by atoms with Gasteiger partial charge >= 0.3 is 0 Å². The van der Waals surface area contributed by atoms with Crippen LogP contribution in [0.5, 0.6) is 0 Å². The lowest BCUT2D eigenvalue weighted by Gasteiger charge is -2.37. The summed E-state index contributed by atoms with van der Waals surface area (Å²) in [6.45, 7) is 8.16. The van der Waals surface area contributed by atoms with Crippen LogP contribution in [0.15, 0.2) is 24.3 Å². The van der Waals surface area contributed by atoms with Crippen molar-refractivity contribution >= 4 is 0 Å². The van der Waals surface area contributed by atoms with Crippen LogP contribution >= 0.6 is 0 Å². The van der Waals surface area contributed by atoms with Crippen molar-refractivity contribution in [3.05, 3.63) is 24.3 Å². The molecule has 0 amide bonds. The second kappa shape index (κ2) is 2.98. The molecule has 0 aromatic rings. The lowest BCUT2D eigenvalue weighted by atomic mass is 9.94. The minimum atomic E-state index is 0.314. The zero-order chi connectivity index (χ0) is 9.47. The first-order valence-corrected chi connectivity index (χ1v) is 5.21. The molecule has 0 radical (unpaired) electrons. The number of fused-ring (bicyclic) bond motifs is 1. The highest BCUT2D eigenvalue weighted by molar-refractivity contribution is 5.20. The van der Waals surface area contributed by atoms with E-state index < -0.39 is 0 Å². The van der Waals surface area contributed by atoms with E-state index in [-0.39, 0.29) is 0 Å². The smallest absolute Gasteiger partial charge is 0.0349 e. The Bertz CT molecular complexity index is 244. The molecule has 1 aliphatic carbocycles. The van der Waals surface area contributed by atoms with Crippen molar-refractivity contribution in [1.82, 2.24) is 4.90 Å². The molecule has 1 fully saturated rings. The zero-order valence-corrected chi connectivity index (χ0v) is 8.83. The Morgan fingerprint density at radius 2 is 1.85 bits per heavy atom. The van der Waals surface area contributed by atoms with Gasteiger partial charge in [-0.1, -0.05) is 24.3 Å². The summed E-state index contributed by atoms with van der Waals surface area (Å²) < 4.78 is 0. The standard InChI is InChI=1S/C12H19N/c1-12(2,3)13-9-8-10-6-4-5-7-11(10)13/h4-7,10-11H,8-9H2,1-3H3. The number of hydrogen-bond donors (Lipinski definition) is 0. The van der Waals surface area contributed by atoms with E-state index in [1.165, 1.54) is 13.0 Å². The molecule has 1 heterocycles. The molecule has 0 aromatic heterocycles. The number of likely N-dealkylation sites (tertiary alicyclic amines) is 1. The fourth-order valence-corrected chi connectivity index (χ4v) is 2.46. The Kier molecular flexibility index (Phi) is 2.07. The van der Waals surface area contributed by atoms with Gasteiger partial charge in [-0.05, 0) is 39.7 Å². The molecule has 0 aromatic carbocycles. The number of nitrogens with zero attached hydrogens (tertiary/aromatic N) is 1. The second-order valence-electron chi connectivity index (χ2n) is 5.08. The van der Waals surface area contributed by atoms with Crippen molar-refractivity contribution in [3.8, 4) is 0 Å². The Labute approximate surface area is 81.1 Å². The van der Waals surface area contributed by atoms with E-state index in [1.807, 2.05) is 0 Å². The molecule has 2 atom stereocenters. The first-order chi connectivity index (χ1) is 6.09. The van der Waals surface area contributed by atoms with Gasteiger partial charge in [0.1, 0.15) is 0 Å². The van der Waals surface area contributed by atoms with Gasteiger partial charge in [-0.3, -0.25) is 4.90 Å². The minimum Gasteiger partial charge on any atom is -0.291 e. The van der Waals surface area contributed by atoms with Crippen LogP contribution in [0, 0.1) is 5.92 Å². The fourth-order valence-electron chi connectivity index (χ4n) is 2.46. The molecule has 2 rings (SSSR count). The van der Waals surface area contributed by atoms with E-state index in [0.717, 1.165) is 5.92 Å². The van der Waals surface area contributed by atoms with Gasteiger partial charge in [-0.2, -0.15) is 0 Å². The van der Waals surface area contributed by atoms with E-state index in [9.17, 15) is 0 Å². The molecule has 1 saturated heterocycles. The van der Waals surface area contributed by atoms with Crippen molar-refractivity contribution in [3.63, 3.8) is 0 Å². The summed E-state index contributed by atoms with van der Waals surface area (Å²) in [5.41, 5.74) is 0.314. The predicted octanol–water partition coefficient (Wildman–Crippen LogP) is 2.60. The SMILES string of the molecule is CC(C)(C)N1CCC2C=CC=CC21. The Morgan fingerprint density at radius 3 is 2.54 bits per heavy atom. The van der Waals surface area contributed by atoms with Crippen LogP contribution in [0.2, 0.25) is 0 Å². The van der Waals surface area contributed by atoms with Crippen molar-refractivity contribution in [1.29, 1.82) is 0 Å². The summed E-state index contributed by atoms with van der Waals surface area (Å²) in [4.78, 5) is 2.61. The Morgan fingerprint density at radius 1 is 1.15 bits per heavy atom. The van der Waals surface area contributed by atoms with Gasteiger partial charge in [0.05, 0.1) is 0 Å². The molecule has 0 saturated carbocycles. The summed E-state index contributed by atoms with van der Waals surface area (Å²) in [7, 11) is 0. The van der Waals surface area contributed by atoms with Gasteiger partial charge in [0, 0.05) is 11.6 Å². The Balaban J connectivity index is 2.18. The number of rotatable bonds is 0. The van der Waals surface area contributed by atoms with Gasteiger partial charge < -0.3 is 0 Å². The van der Waals surface area contributed by atoms with E-state index in [0.29, 0.717) is 11.6 Å². The topological polar surface area (TPSA) is 3.24 Å². The van der Waals surface area contributed by atoms with Gasteiger partial charge in [0.15, 0.2) is 0 Å². The van der Waals surface area contributed by atoms with Crippen LogP contribution < -0.4 is 0 Å². The van der Waals surface area contributed by atoms with E-state index in [2.05, 4.69) is 50.0 Å². The highest BCUT2D eigenvalue weighted by Gasteiger charge is 2.37. The third-order valence-corrected chi connectivity index (χ3v) is 3.14. The second-order valence-corrected chi connectivity index (χ2v) is 5.08. The van der Waals surface area contributed by atoms with Crippen molar-refractivity contribution in [2.24, 2.45) is 5.92 Å². The molecule has 72 valence electrons. The number of hydrogen-bond acceptors (Lipinski definition) is 1. The molecule has 0 N–H and O–H groups in total. The molecule has 0 bridgehead atoms. The molecular formula is C12H19N. The van der Waals surface area contributed by atoms with Crippen molar-refractivity contribution in [2.75, 3.05) is 6.54 Å². The molecule has 2 unspecified atom stereocenters. The third kappa shape index (κ3) is 1.58. The lowest BCUT2D eigenvalue weighted by molar-refractivity contribution is 0.136. The molecular weight excluding hydrogens is 158 g/mol. The highest BCUT2D eigenvalue weighted by Crippen LogP contribution is 2.33. The van der Waals surface area contributed by atoms with Crippen molar-refractivity contribution < 1.29 is 0 Å². The molecule has 1 heteroatoms. The molecule has 1 aliphatic heterocycles.